The lowest BCUT2D eigenvalue weighted by molar-refractivity contribution is -0.122. The molecule has 1 saturated carbocycles. The van der Waals surface area contributed by atoms with Crippen molar-refractivity contribution in [2.24, 2.45) is 0 Å². The number of hydrogen-bond acceptors (Lipinski definition) is 4. The lowest BCUT2D eigenvalue weighted by atomic mass is 10.00. The Balaban J connectivity index is 1.49. The first-order valence-electron chi connectivity index (χ1n) is 10.0. The highest BCUT2D eigenvalue weighted by Gasteiger charge is 2.30. The molecule has 9 heteroatoms. The van der Waals surface area contributed by atoms with Crippen LogP contribution in [-0.4, -0.2) is 38.5 Å². The first kappa shape index (κ1) is 21.6. The summed E-state index contributed by atoms with van der Waals surface area (Å²) in [6, 6.07) is 14.4. The SMILES string of the molecule is O=C(Cn1nc(-c2ccc(Cl)cc2)n(C2CC2)c1=O)NCC(CO)c1ccccc1Cl. The number of aromatic nitrogens is 3. The Labute approximate surface area is 189 Å². The Bertz CT molecular complexity index is 1140. The first-order chi connectivity index (χ1) is 15.0. The summed E-state index contributed by atoms with van der Waals surface area (Å²) in [6.07, 6.45) is 1.82. The maximum Gasteiger partial charge on any atom is 0.346 e. The van der Waals surface area contributed by atoms with Crippen LogP contribution in [0.1, 0.15) is 30.4 Å². The second kappa shape index (κ2) is 9.26. The number of benzene rings is 2. The summed E-state index contributed by atoms with van der Waals surface area (Å²) in [7, 11) is 0. The lowest BCUT2D eigenvalue weighted by Gasteiger charge is -2.16. The Morgan fingerprint density at radius 3 is 2.52 bits per heavy atom. The highest BCUT2D eigenvalue weighted by molar-refractivity contribution is 6.31. The molecule has 1 aliphatic rings. The molecule has 2 N–H and O–H groups in total. The molecule has 1 aromatic heterocycles. The van der Waals surface area contributed by atoms with Gasteiger partial charge in [0.25, 0.3) is 0 Å². The van der Waals surface area contributed by atoms with Gasteiger partial charge < -0.3 is 10.4 Å². The van der Waals surface area contributed by atoms with Gasteiger partial charge in [-0.15, -0.1) is 5.10 Å². The normalized spacial score (nSPS) is 14.4. The highest BCUT2D eigenvalue weighted by atomic mass is 35.5. The van der Waals surface area contributed by atoms with E-state index in [2.05, 4.69) is 10.4 Å². The molecule has 4 rings (SSSR count). The van der Waals surface area contributed by atoms with Gasteiger partial charge in [0.1, 0.15) is 6.54 Å². The summed E-state index contributed by atoms with van der Waals surface area (Å²) in [5, 5.41) is 18.0. The van der Waals surface area contributed by atoms with E-state index in [1.165, 1.54) is 4.68 Å². The summed E-state index contributed by atoms with van der Waals surface area (Å²) >= 11 is 12.2. The first-order valence-corrected chi connectivity index (χ1v) is 10.8. The monoisotopic (exact) mass is 460 g/mol. The summed E-state index contributed by atoms with van der Waals surface area (Å²) in [4.78, 5) is 25.4. The Hall–Kier alpha value is -2.61. The molecule has 1 unspecified atom stereocenters. The van der Waals surface area contributed by atoms with Crippen LogP contribution in [0.15, 0.2) is 53.3 Å². The fourth-order valence-corrected chi connectivity index (χ4v) is 3.90. The third-order valence-electron chi connectivity index (χ3n) is 5.29. The average molecular weight is 461 g/mol. The number of amides is 1. The molecule has 1 aliphatic carbocycles. The van der Waals surface area contributed by atoms with E-state index < -0.39 is 0 Å². The molecule has 7 nitrogen and oxygen atoms in total. The molecule has 2 aromatic carbocycles. The number of carbonyl (C=O) groups excluding carboxylic acids is 1. The van der Waals surface area contributed by atoms with Crippen molar-refractivity contribution in [1.29, 1.82) is 0 Å². The molecular formula is C22H22Cl2N4O3. The number of hydrogen-bond donors (Lipinski definition) is 2. The third kappa shape index (κ3) is 4.84. The van der Waals surface area contributed by atoms with Crippen LogP contribution in [0.5, 0.6) is 0 Å². The zero-order valence-electron chi connectivity index (χ0n) is 16.7. The van der Waals surface area contributed by atoms with Gasteiger partial charge in [0, 0.05) is 34.1 Å². The number of aliphatic hydroxyl groups is 1. The Morgan fingerprint density at radius 1 is 1.16 bits per heavy atom. The third-order valence-corrected chi connectivity index (χ3v) is 5.89. The van der Waals surface area contributed by atoms with E-state index in [1.54, 1.807) is 28.8 Å². The fourth-order valence-electron chi connectivity index (χ4n) is 3.49. The van der Waals surface area contributed by atoms with Crippen LogP contribution in [0.2, 0.25) is 10.0 Å². The molecule has 162 valence electrons. The van der Waals surface area contributed by atoms with Crippen LogP contribution >= 0.6 is 23.2 Å². The van der Waals surface area contributed by atoms with Crippen LogP contribution in [0.4, 0.5) is 0 Å². The maximum absolute atomic E-state index is 12.9. The topological polar surface area (TPSA) is 89.2 Å². The minimum Gasteiger partial charge on any atom is -0.396 e. The van der Waals surface area contributed by atoms with Gasteiger partial charge >= 0.3 is 5.69 Å². The molecule has 1 amide bonds. The van der Waals surface area contributed by atoms with Gasteiger partial charge in [-0.2, -0.15) is 0 Å². The predicted molar refractivity (Wildman–Crippen MR) is 119 cm³/mol. The second-order valence-electron chi connectivity index (χ2n) is 7.58. The smallest absolute Gasteiger partial charge is 0.346 e. The van der Waals surface area contributed by atoms with Crippen LogP contribution in [0, 0.1) is 0 Å². The van der Waals surface area contributed by atoms with Crippen molar-refractivity contribution in [2.75, 3.05) is 13.2 Å². The summed E-state index contributed by atoms with van der Waals surface area (Å²) in [5.74, 6) is -0.181. The molecule has 1 heterocycles. The van der Waals surface area contributed by atoms with Crippen molar-refractivity contribution < 1.29 is 9.90 Å². The number of nitrogens with zero attached hydrogens (tertiary/aromatic N) is 3. The van der Waals surface area contributed by atoms with E-state index in [9.17, 15) is 14.7 Å². The zero-order valence-corrected chi connectivity index (χ0v) is 18.2. The molecular weight excluding hydrogens is 439 g/mol. The van der Waals surface area contributed by atoms with Gasteiger partial charge in [-0.1, -0.05) is 41.4 Å². The van der Waals surface area contributed by atoms with Crippen molar-refractivity contribution in [1.82, 2.24) is 19.7 Å². The molecule has 0 spiro atoms. The molecule has 0 radical (unpaired) electrons. The standard InChI is InChI=1S/C22H22Cl2N4O3/c23-16-7-5-14(6-8-16)21-26-27(22(31)28(21)17-9-10-17)12-20(30)25-11-15(13-29)18-3-1-2-4-19(18)24/h1-8,15,17,29H,9-13H2,(H,25,30). The fraction of sp³-hybridized carbons (Fsp3) is 0.318. The van der Waals surface area contributed by atoms with E-state index in [0.29, 0.717) is 15.9 Å². The minimum absolute atomic E-state index is 0.106. The quantitative estimate of drug-likeness (QED) is 0.539. The van der Waals surface area contributed by atoms with Gasteiger partial charge in [-0.25, -0.2) is 9.48 Å². The van der Waals surface area contributed by atoms with Crippen LogP contribution in [0.3, 0.4) is 0 Å². The van der Waals surface area contributed by atoms with Crippen LogP contribution < -0.4 is 11.0 Å². The summed E-state index contributed by atoms with van der Waals surface area (Å²) < 4.78 is 2.83. The largest absolute Gasteiger partial charge is 0.396 e. The van der Waals surface area contributed by atoms with Gasteiger partial charge in [-0.3, -0.25) is 9.36 Å². The van der Waals surface area contributed by atoms with Crippen molar-refractivity contribution >= 4 is 29.1 Å². The average Bonchev–Trinajstić information content (AvgIpc) is 3.55. The van der Waals surface area contributed by atoms with Gasteiger partial charge in [-0.05, 0) is 48.7 Å². The summed E-state index contributed by atoms with van der Waals surface area (Å²) in [6.45, 7) is -0.179. The Morgan fingerprint density at radius 2 is 1.87 bits per heavy atom. The van der Waals surface area contributed by atoms with E-state index in [0.717, 1.165) is 24.0 Å². The van der Waals surface area contributed by atoms with Crippen molar-refractivity contribution in [3.8, 4) is 11.4 Å². The Kier molecular flexibility index (Phi) is 6.46. The summed E-state index contributed by atoms with van der Waals surface area (Å²) in [5.41, 5.74) is 1.21. The van der Waals surface area contributed by atoms with Crippen molar-refractivity contribution in [3.05, 3.63) is 74.6 Å². The number of carbonyl (C=O) groups is 1. The van der Waals surface area contributed by atoms with Crippen molar-refractivity contribution in [3.63, 3.8) is 0 Å². The van der Waals surface area contributed by atoms with Crippen molar-refractivity contribution in [2.45, 2.75) is 31.3 Å². The van der Waals surface area contributed by atoms with Gasteiger partial charge in [0.05, 0.1) is 6.61 Å². The molecule has 3 aromatic rings. The molecule has 0 bridgehead atoms. The van der Waals surface area contributed by atoms with Gasteiger partial charge in [0.2, 0.25) is 5.91 Å². The van der Waals surface area contributed by atoms with Crippen LogP contribution in [0.25, 0.3) is 11.4 Å². The number of rotatable bonds is 8. The number of aliphatic hydroxyl groups excluding tert-OH is 1. The number of nitrogens with one attached hydrogen (secondary N) is 1. The van der Waals surface area contributed by atoms with Crippen LogP contribution in [-0.2, 0) is 11.3 Å². The minimum atomic E-state index is -0.365. The molecule has 0 aliphatic heterocycles. The molecule has 0 saturated heterocycles. The lowest BCUT2D eigenvalue weighted by Crippen LogP contribution is -2.36. The predicted octanol–water partition coefficient (Wildman–Crippen LogP) is 3.25. The van der Waals surface area contributed by atoms with Gasteiger partial charge in [0.15, 0.2) is 5.82 Å². The van der Waals surface area contributed by atoms with E-state index in [1.807, 2.05) is 24.3 Å². The zero-order chi connectivity index (χ0) is 22.0. The molecule has 1 fully saturated rings. The van der Waals surface area contributed by atoms with E-state index >= 15 is 0 Å². The number of halogens is 2. The second-order valence-corrected chi connectivity index (χ2v) is 8.42. The highest BCUT2D eigenvalue weighted by Crippen LogP contribution is 2.36. The van der Waals surface area contributed by atoms with E-state index in [4.69, 9.17) is 23.2 Å². The molecule has 1 atom stereocenters. The maximum atomic E-state index is 12.9. The van der Waals surface area contributed by atoms with E-state index in [-0.39, 0.29) is 43.3 Å². The molecule has 31 heavy (non-hydrogen) atoms.